The van der Waals surface area contributed by atoms with Gasteiger partial charge >= 0.3 is 0 Å². The lowest BCUT2D eigenvalue weighted by Crippen LogP contribution is -2.26. The molecular weight excluding hydrogens is 450 g/mol. The summed E-state index contributed by atoms with van der Waals surface area (Å²) >= 11 is 1.47. The molecule has 3 heterocycles. The number of rotatable bonds is 4. The van der Waals surface area contributed by atoms with Crippen LogP contribution in [0.3, 0.4) is 0 Å². The normalized spacial score (nSPS) is 23.7. The third-order valence-electron chi connectivity index (χ3n) is 5.63. The zero-order valence-electron chi connectivity index (χ0n) is 17.4. The van der Waals surface area contributed by atoms with Crippen molar-refractivity contribution in [3.8, 4) is 11.5 Å². The van der Waals surface area contributed by atoms with Crippen LogP contribution in [0.4, 0.5) is 5.69 Å². The molecule has 2 aromatic rings. The highest BCUT2D eigenvalue weighted by molar-refractivity contribution is 8.15. The van der Waals surface area contributed by atoms with E-state index < -0.39 is 9.84 Å². The van der Waals surface area contributed by atoms with E-state index in [4.69, 9.17) is 9.47 Å². The Labute approximate surface area is 190 Å². The number of amides is 1. The summed E-state index contributed by atoms with van der Waals surface area (Å²) in [5, 5.41) is 6.94. The zero-order valence-corrected chi connectivity index (χ0v) is 19.0. The van der Waals surface area contributed by atoms with Crippen molar-refractivity contribution in [2.24, 2.45) is 4.99 Å². The van der Waals surface area contributed by atoms with Crippen LogP contribution in [0.2, 0.25) is 0 Å². The van der Waals surface area contributed by atoms with E-state index in [2.05, 4.69) is 15.6 Å². The van der Waals surface area contributed by atoms with Crippen molar-refractivity contribution in [2.45, 2.75) is 24.3 Å². The molecule has 8 nitrogen and oxygen atoms in total. The van der Waals surface area contributed by atoms with Gasteiger partial charge < -0.3 is 20.1 Å². The summed E-state index contributed by atoms with van der Waals surface area (Å²) < 4.78 is 34.5. The third kappa shape index (κ3) is 4.42. The summed E-state index contributed by atoms with van der Waals surface area (Å²) in [7, 11) is -2.97. The van der Waals surface area contributed by atoms with Gasteiger partial charge in [0, 0.05) is 16.5 Å². The molecule has 0 radical (unpaired) electrons. The molecule has 0 bridgehead atoms. The maximum atomic E-state index is 12.7. The molecule has 0 aliphatic carbocycles. The van der Waals surface area contributed by atoms with Gasteiger partial charge in [-0.1, -0.05) is 17.8 Å². The van der Waals surface area contributed by atoms with E-state index in [1.54, 1.807) is 12.1 Å². The molecule has 168 valence electrons. The summed E-state index contributed by atoms with van der Waals surface area (Å²) in [6, 6.07) is 12.4. The van der Waals surface area contributed by atoms with E-state index in [1.165, 1.54) is 11.8 Å². The number of nitrogens with one attached hydrogen (secondary N) is 2. The number of nitrogens with zero attached hydrogens (tertiary/aromatic N) is 1. The molecule has 1 amide bonds. The molecule has 2 aromatic carbocycles. The van der Waals surface area contributed by atoms with Crippen molar-refractivity contribution in [1.29, 1.82) is 0 Å². The Morgan fingerprint density at radius 3 is 2.59 bits per heavy atom. The monoisotopic (exact) mass is 473 g/mol. The molecule has 0 saturated carbocycles. The van der Waals surface area contributed by atoms with Crippen LogP contribution in [0.15, 0.2) is 47.5 Å². The number of anilines is 1. The summed E-state index contributed by atoms with van der Waals surface area (Å²) in [5.74, 6) is 1.54. The Balaban J connectivity index is 1.19. The number of thioether (sulfide) groups is 1. The van der Waals surface area contributed by atoms with Crippen LogP contribution in [0.5, 0.6) is 11.5 Å². The molecule has 3 aliphatic rings. The molecule has 2 N–H and O–H groups in total. The van der Waals surface area contributed by atoms with Gasteiger partial charge in [0.05, 0.1) is 23.6 Å². The number of ether oxygens (including phenoxy) is 2. The quantitative estimate of drug-likeness (QED) is 0.703. The molecule has 1 fully saturated rings. The van der Waals surface area contributed by atoms with Gasteiger partial charge in [0.2, 0.25) is 0 Å². The molecule has 10 heteroatoms. The van der Waals surface area contributed by atoms with Crippen LogP contribution in [0, 0.1) is 0 Å². The molecule has 3 aliphatic heterocycles. The molecule has 3 atom stereocenters. The highest BCUT2D eigenvalue weighted by atomic mass is 32.2. The van der Waals surface area contributed by atoms with Crippen LogP contribution in [-0.4, -0.2) is 55.5 Å². The van der Waals surface area contributed by atoms with Crippen LogP contribution in [0.1, 0.15) is 28.9 Å². The number of carbonyl (C=O) groups excluding carboxylic acids is 1. The highest BCUT2D eigenvalue weighted by Gasteiger charge is 2.42. The second-order valence-electron chi connectivity index (χ2n) is 8.04. The highest BCUT2D eigenvalue weighted by Crippen LogP contribution is 2.35. The Hall–Kier alpha value is -2.72. The minimum Gasteiger partial charge on any atom is -0.486 e. The summed E-state index contributed by atoms with van der Waals surface area (Å²) in [6.45, 7) is 2.98. The maximum absolute atomic E-state index is 12.7. The first-order valence-corrected chi connectivity index (χ1v) is 13.1. The number of hydrogen-bond acceptors (Lipinski definition) is 8. The van der Waals surface area contributed by atoms with Gasteiger partial charge in [0.1, 0.15) is 13.2 Å². The van der Waals surface area contributed by atoms with E-state index in [-0.39, 0.29) is 34.7 Å². The van der Waals surface area contributed by atoms with Crippen molar-refractivity contribution in [3.05, 3.63) is 53.6 Å². The standard InChI is InChI=1S/C22H23N3O5S2/c1-13(15-4-7-18-19(10-15)30-9-8-29-18)23-21(26)14-2-5-16(6-3-14)24-22-25-17-11-32(27,28)12-20(17)31-22/h2-7,10,13,17,20H,8-9,11-12H2,1H3,(H,23,26)(H,24,25)/t13-,17+,20-/m0/s1. The fourth-order valence-corrected chi connectivity index (χ4v) is 7.61. The Kier molecular flexibility index (Phi) is 5.50. The lowest BCUT2D eigenvalue weighted by Gasteiger charge is -2.21. The smallest absolute Gasteiger partial charge is 0.251 e. The van der Waals surface area contributed by atoms with Gasteiger partial charge in [-0.15, -0.1) is 0 Å². The minimum absolute atomic E-state index is 0.00500. The molecule has 5 rings (SSSR count). The van der Waals surface area contributed by atoms with Crippen molar-refractivity contribution in [1.82, 2.24) is 5.32 Å². The predicted octanol–water partition coefficient (Wildman–Crippen LogP) is 2.63. The number of fused-ring (bicyclic) bond motifs is 2. The van der Waals surface area contributed by atoms with Crippen molar-refractivity contribution in [2.75, 3.05) is 30.0 Å². The van der Waals surface area contributed by atoms with Gasteiger partial charge in [0.15, 0.2) is 26.5 Å². The number of benzene rings is 2. The maximum Gasteiger partial charge on any atom is 0.251 e. The Morgan fingerprint density at radius 2 is 1.84 bits per heavy atom. The van der Waals surface area contributed by atoms with Crippen LogP contribution in [-0.2, 0) is 9.84 Å². The molecule has 32 heavy (non-hydrogen) atoms. The SMILES string of the molecule is C[C@H](NC(=O)c1ccc(NC2=N[C@@H]3CS(=O)(=O)C[C@@H]3S2)cc1)c1ccc2c(c1)OCCO2. The molecule has 1 saturated heterocycles. The molecule has 0 unspecified atom stereocenters. The predicted molar refractivity (Wildman–Crippen MR) is 125 cm³/mol. The number of amidine groups is 1. The van der Waals surface area contributed by atoms with Gasteiger partial charge in [-0.3, -0.25) is 9.79 Å². The fourth-order valence-electron chi connectivity index (χ4n) is 3.94. The molecular formula is C22H23N3O5S2. The van der Waals surface area contributed by atoms with Crippen molar-refractivity contribution in [3.63, 3.8) is 0 Å². The van der Waals surface area contributed by atoms with E-state index in [0.29, 0.717) is 24.5 Å². The second kappa shape index (κ2) is 8.32. The Bertz CT molecular complexity index is 1180. The largest absolute Gasteiger partial charge is 0.486 e. The van der Waals surface area contributed by atoms with Gasteiger partial charge in [-0.25, -0.2) is 8.42 Å². The summed E-state index contributed by atoms with van der Waals surface area (Å²) in [4.78, 5) is 17.2. The lowest BCUT2D eigenvalue weighted by atomic mass is 10.1. The van der Waals surface area contributed by atoms with E-state index in [0.717, 1.165) is 22.2 Å². The van der Waals surface area contributed by atoms with Gasteiger partial charge in [-0.05, 0) is 48.9 Å². The molecule has 0 spiro atoms. The number of carbonyl (C=O) groups is 1. The average Bonchev–Trinajstić information content (AvgIpc) is 3.26. The summed E-state index contributed by atoms with van der Waals surface area (Å²) in [6.07, 6.45) is 0. The van der Waals surface area contributed by atoms with Crippen LogP contribution >= 0.6 is 11.8 Å². The first kappa shape index (κ1) is 21.1. The number of aliphatic imine (C=N–C) groups is 1. The zero-order chi connectivity index (χ0) is 22.3. The minimum atomic E-state index is -2.97. The number of sulfone groups is 1. The van der Waals surface area contributed by atoms with Crippen LogP contribution < -0.4 is 20.1 Å². The van der Waals surface area contributed by atoms with Gasteiger partial charge in [0.25, 0.3) is 5.91 Å². The Morgan fingerprint density at radius 1 is 1.09 bits per heavy atom. The fraction of sp³-hybridized carbons (Fsp3) is 0.364. The summed E-state index contributed by atoms with van der Waals surface area (Å²) in [5.41, 5.74) is 2.28. The van der Waals surface area contributed by atoms with Crippen molar-refractivity contribution >= 4 is 38.4 Å². The topological polar surface area (TPSA) is 106 Å². The van der Waals surface area contributed by atoms with E-state index in [1.807, 2.05) is 37.3 Å². The first-order valence-electron chi connectivity index (χ1n) is 10.4. The average molecular weight is 474 g/mol. The van der Waals surface area contributed by atoms with E-state index in [9.17, 15) is 13.2 Å². The first-order chi connectivity index (χ1) is 15.4. The third-order valence-corrected chi connectivity index (χ3v) is 8.77. The second-order valence-corrected chi connectivity index (χ2v) is 11.4. The van der Waals surface area contributed by atoms with E-state index >= 15 is 0 Å². The van der Waals surface area contributed by atoms with Crippen molar-refractivity contribution < 1.29 is 22.7 Å². The molecule has 0 aromatic heterocycles. The number of hydrogen-bond donors (Lipinski definition) is 2. The van der Waals surface area contributed by atoms with Crippen LogP contribution in [0.25, 0.3) is 0 Å². The lowest BCUT2D eigenvalue weighted by molar-refractivity contribution is 0.0939. The van der Waals surface area contributed by atoms with Gasteiger partial charge in [-0.2, -0.15) is 0 Å².